The van der Waals surface area contributed by atoms with Crippen molar-refractivity contribution in [3.05, 3.63) is 59.8 Å². The van der Waals surface area contributed by atoms with Crippen molar-refractivity contribution in [1.82, 2.24) is 24.7 Å². The molecule has 1 atom stereocenters. The molecule has 4 rings (SSSR count). The molecule has 1 aromatic carbocycles. The quantitative estimate of drug-likeness (QED) is 0.364. The molecule has 3 aromatic heterocycles. The van der Waals surface area contributed by atoms with Crippen molar-refractivity contribution in [2.45, 2.75) is 18.6 Å². The first kappa shape index (κ1) is 23.5. The molecule has 178 valence electrons. The fourth-order valence-corrected chi connectivity index (χ4v) is 4.27. The van der Waals surface area contributed by atoms with Gasteiger partial charge < -0.3 is 13.9 Å². The smallest absolute Gasteiger partial charge is 0.243 e. The molecule has 0 aliphatic rings. The van der Waals surface area contributed by atoms with Gasteiger partial charge in [0, 0.05) is 18.8 Å². The lowest BCUT2D eigenvalue weighted by Crippen LogP contribution is -2.29. The SMILES string of the molecule is COc1cccc(OC)c1-n1c(NS(=O)(=O)C(C)Cc2ncc(Cl)cn2)nnc1-c1ccco1. The van der Waals surface area contributed by atoms with Crippen molar-refractivity contribution in [2.75, 3.05) is 18.9 Å². The maximum Gasteiger partial charge on any atom is 0.243 e. The van der Waals surface area contributed by atoms with E-state index in [0.29, 0.717) is 33.8 Å². The van der Waals surface area contributed by atoms with Crippen molar-refractivity contribution in [1.29, 1.82) is 0 Å². The summed E-state index contributed by atoms with van der Waals surface area (Å²) in [6, 6.07) is 8.54. The number of nitrogens with zero attached hydrogens (tertiary/aromatic N) is 5. The minimum atomic E-state index is -3.95. The van der Waals surface area contributed by atoms with Crippen LogP contribution in [0.5, 0.6) is 11.5 Å². The molecule has 34 heavy (non-hydrogen) atoms. The van der Waals surface area contributed by atoms with Gasteiger partial charge in [0.2, 0.25) is 21.8 Å². The van der Waals surface area contributed by atoms with Crippen molar-refractivity contribution < 1.29 is 22.3 Å². The monoisotopic (exact) mass is 504 g/mol. The molecule has 0 radical (unpaired) electrons. The summed E-state index contributed by atoms with van der Waals surface area (Å²) < 4.78 is 46.9. The Hall–Kier alpha value is -3.64. The molecule has 0 amide bonds. The third-order valence-corrected chi connectivity index (χ3v) is 6.83. The van der Waals surface area contributed by atoms with Gasteiger partial charge in [0.1, 0.15) is 23.0 Å². The van der Waals surface area contributed by atoms with E-state index in [-0.39, 0.29) is 18.2 Å². The predicted molar refractivity (Wildman–Crippen MR) is 125 cm³/mol. The molecular formula is C21H21ClN6O5S. The maximum atomic E-state index is 13.2. The maximum absolute atomic E-state index is 13.2. The van der Waals surface area contributed by atoms with Crippen LogP contribution in [0, 0.1) is 0 Å². The average Bonchev–Trinajstić information content (AvgIpc) is 3.49. The molecule has 11 nitrogen and oxygen atoms in total. The molecule has 0 fully saturated rings. The van der Waals surface area contributed by atoms with E-state index in [4.69, 9.17) is 25.5 Å². The summed E-state index contributed by atoms with van der Waals surface area (Å²) in [5.74, 6) is 1.71. The standard InChI is InChI=1S/C21H21ClN6O5S/c1-13(10-18-23-11-14(22)12-24-18)34(29,30)27-21-26-25-20(17-8-5-9-33-17)28(21)19-15(31-2)6-4-7-16(19)32-3/h4-9,11-13H,10H2,1-3H3,(H,26,27). The number of hydrogen-bond donors (Lipinski definition) is 1. The molecule has 4 aromatic rings. The fourth-order valence-electron chi connectivity index (χ4n) is 3.22. The van der Waals surface area contributed by atoms with Gasteiger partial charge in [-0.15, -0.1) is 10.2 Å². The van der Waals surface area contributed by atoms with E-state index in [1.165, 1.54) is 44.4 Å². The van der Waals surface area contributed by atoms with Gasteiger partial charge in [0.15, 0.2) is 5.76 Å². The lowest BCUT2D eigenvalue weighted by atomic mass is 10.2. The minimum Gasteiger partial charge on any atom is -0.494 e. The van der Waals surface area contributed by atoms with Crippen LogP contribution in [-0.2, 0) is 16.4 Å². The van der Waals surface area contributed by atoms with Crippen LogP contribution in [-0.4, -0.2) is 52.6 Å². The third-order valence-electron chi connectivity index (χ3n) is 4.94. The van der Waals surface area contributed by atoms with Crippen LogP contribution in [0.3, 0.4) is 0 Å². The Labute approximate surface area is 200 Å². The summed E-state index contributed by atoms with van der Waals surface area (Å²) in [5, 5.41) is 7.72. The van der Waals surface area contributed by atoms with E-state index in [0.717, 1.165) is 0 Å². The number of rotatable bonds is 9. The topological polar surface area (TPSA) is 134 Å². The second-order valence-electron chi connectivity index (χ2n) is 7.15. The summed E-state index contributed by atoms with van der Waals surface area (Å²) >= 11 is 5.81. The highest BCUT2D eigenvalue weighted by Crippen LogP contribution is 2.37. The van der Waals surface area contributed by atoms with E-state index in [9.17, 15) is 8.42 Å². The molecule has 1 unspecified atom stereocenters. The zero-order valence-electron chi connectivity index (χ0n) is 18.5. The highest BCUT2D eigenvalue weighted by atomic mass is 35.5. The summed E-state index contributed by atoms with van der Waals surface area (Å²) in [4.78, 5) is 8.15. The van der Waals surface area contributed by atoms with Crippen molar-refractivity contribution in [3.63, 3.8) is 0 Å². The Morgan fingerprint density at radius 1 is 1.09 bits per heavy atom. The largest absolute Gasteiger partial charge is 0.494 e. The number of benzene rings is 1. The number of sulfonamides is 1. The number of para-hydroxylation sites is 1. The second kappa shape index (κ2) is 9.69. The number of furan rings is 1. The molecule has 0 saturated carbocycles. The lowest BCUT2D eigenvalue weighted by molar-refractivity contribution is 0.391. The van der Waals surface area contributed by atoms with E-state index in [1.54, 1.807) is 30.3 Å². The Morgan fingerprint density at radius 2 is 1.76 bits per heavy atom. The van der Waals surface area contributed by atoms with Gasteiger partial charge >= 0.3 is 0 Å². The van der Waals surface area contributed by atoms with Crippen LogP contribution in [0.4, 0.5) is 5.95 Å². The Kier molecular flexibility index (Phi) is 6.70. The number of methoxy groups -OCH3 is 2. The van der Waals surface area contributed by atoms with Crippen LogP contribution >= 0.6 is 11.6 Å². The second-order valence-corrected chi connectivity index (χ2v) is 9.69. The number of hydrogen-bond acceptors (Lipinski definition) is 9. The molecule has 0 aliphatic carbocycles. The van der Waals surface area contributed by atoms with Crippen LogP contribution in [0.1, 0.15) is 12.7 Å². The molecule has 1 N–H and O–H groups in total. The first-order valence-electron chi connectivity index (χ1n) is 10.0. The normalized spacial score (nSPS) is 12.4. The summed E-state index contributed by atoms with van der Waals surface area (Å²) in [5.41, 5.74) is 0.398. The Bertz CT molecular complexity index is 1350. The van der Waals surface area contributed by atoms with Crippen LogP contribution < -0.4 is 14.2 Å². The van der Waals surface area contributed by atoms with Gasteiger partial charge in [-0.2, -0.15) is 0 Å². The third kappa shape index (κ3) is 4.68. The fraction of sp³-hybridized carbons (Fsp3) is 0.238. The summed E-state index contributed by atoms with van der Waals surface area (Å²) in [6.07, 6.45) is 4.36. The molecule has 0 spiro atoms. The Balaban J connectivity index is 1.77. The predicted octanol–water partition coefficient (Wildman–Crippen LogP) is 3.36. The number of ether oxygens (including phenoxy) is 2. The number of nitrogens with one attached hydrogen (secondary N) is 1. The van der Waals surface area contributed by atoms with Crippen LogP contribution in [0.15, 0.2) is 53.4 Å². The average molecular weight is 505 g/mol. The first-order chi connectivity index (χ1) is 16.3. The van der Waals surface area contributed by atoms with Gasteiger partial charge in [0.05, 0.1) is 30.8 Å². The molecule has 13 heteroatoms. The van der Waals surface area contributed by atoms with Crippen molar-refractivity contribution in [3.8, 4) is 28.8 Å². The van der Waals surface area contributed by atoms with Crippen molar-refractivity contribution >= 4 is 27.6 Å². The van der Waals surface area contributed by atoms with Crippen molar-refractivity contribution in [2.24, 2.45) is 0 Å². The summed E-state index contributed by atoms with van der Waals surface area (Å²) in [7, 11) is -0.959. The zero-order chi connectivity index (χ0) is 24.3. The highest BCUT2D eigenvalue weighted by molar-refractivity contribution is 7.93. The molecule has 0 saturated heterocycles. The van der Waals surface area contributed by atoms with Gasteiger partial charge in [-0.1, -0.05) is 17.7 Å². The molecular weight excluding hydrogens is 484 g/mol. The minimum absolute atomic E-state index is 0.0592. The summed E-state index contributed by atoms with van der Waals surface area (Å²) in [6.45, 7) is 1.54. The van der Waals surface area contributed by atoms with E-state index in [2.05, 4.69) is 24.9 Å². The first-order valence-corrected chi connectivity index (χ1v) is 11.9. The van der Waals surface area contributed by atoms with E-state index in [1.807, 2.05) is 0 Å². The Morgan fingerprint density at radius 3 is 2.35 bits per heavy atom. The van der Waals surface area contributed by atoms with Crippen LogP contribution in [0.25, 0.3) is 17.3 Å². The number of halogens is 1. The van der Waals surface area contributed by atoms with Gasteiger partial charge in [-0.25, -0.2) is 18.4 Å². The zero-order valence-corrected chi connectivity index (χ0v) is 20.0. The number of anilines is 1. The number of aromatic nitrogens is 5. The van der Waals surface area contributed by atoms with Gasteiger partial charge in [-0.3, -0.25) is 9.29 Å². The van der Waals surface area contributed by atoms with E-state index >= 15 is 0 Å². The molecule has 0 bridgehead atoms. The molecule has 3 heterocycles. The molecule has 0 aliphatic heterocycles. The highest BCUT2D eigenvalue weighted by Gasteiger charge is 2.29. The van der Waals surface area contributed by atoms with Gasteiger partial charge in [0.25, 0.3) is 0 Å². The van der Waals surface area contributed by atoms with Crippen LogP contribution in [0.2, 0.25) is 5.02 Å². The van der Waals surface area contributed by atoms with Gasteiger partial charge in [-0.05, 0) is 31.2 Å². The van der Waals surface area contributed by atoms with E-state index < -0.39 is 15.3 Å². The lowest BCUT2D eigenvalue weighted by Gasteiger charge is -2.18.